The molecule has 0 fully saturated rings. The molecule has 5 heteroatoms. The van der Waals surface area contributed by atoms with Crippen molar-refractivity contribution >= 4 is 11.7 Å². The minimum atomic E-state index is -0.0380. The number of amides is 1. The zero-order valence-electron chi connectivity index (χ0n) is 14.3. The van der Waals surface area contributed by atoms with Gasteiger partial charge >= 0.3 is 0 Å². The van der Waals surface area contributed by atoms with Gasteiger partial charge in [0, 0.05) is 25.2 Å². The first kappa shape index (κ1) is 17.5. The number of carbonyl (C=O) groups excluding carboxylic acids is 2. The van der Waals surface area contributed by atoms with Gasteiger partial charge in [0.15, 0.2) is 17.3 Å². The van der Waals surface area contributed by atoms with E-state index in [-0.39, 0.29) is 11.7 Å². The molecular weight excluding hydrogens is 306 g/mol. The first-order valence-corrected chi connectivity index (χ1v) is 7.54. The van der Waals surface area contributed by atoms with E-state index in [0.717, 1.165) is 5.56 Å². The zero-order valence-corrected chi connectivity index (χ0v) is 14.3. The summed E-state index contributed by atoms with van der Waals surface area (Å²) < 4.78 is 11.0. The summed E-state index contributed by atoms with van der Waals surface area (Å²) in [6.45, 7) is 1.85. The van der Waals surface area contributed by atoms with E-state index in [1.54, 1.807) is 44.4 Å². The smallest absolute Gasteiger partial charge is 0.253 e. The van der Waals surface area contributed by atoms with Crippen molar-refractivity contribution in [2.75, 3.05) is 21.2 Å². The largest absolute Gasteiger partial charge is 0.493 e. The molecule has 0 aliphatic rings. The summed E-state index contributed by atoms with van der Waals surface area (Å²) >= 11 is 0. The molecule has 0 saturated heterocycles. The molecule has 0 aliphatic carbocycles. The van der Waals surface area contributed by atoms with Crippen LogP contribution in [0.25, 0.3) is 0 Å². The van der Waals surface area contributed by atoms with Crippen LogP contribution >= 0.6 is 0 Å². The summed E-state index contributed by atoms with van der Waals surface area (Å²) in [5.74, 6) is 1.02. The molecule has 0 aliphatic heterocycles. The van der Waals surface area contributed by atoms with Crippen LogP contribution in [-0.2, 0) is 6.61 Å². The molecule has 0 atom stereocenters. The van der Waals surface area contributed by atoms with Crippen molar-refractivity contribution in [1.29, 1.82) is 0 Å². The molecule has 1 amide bonds. The average Bonchev–Trinajstić information content (AvgIpc) is 2.59. The van der Waals surface area contributed by atoms with Crippen molar-refractivity contribution in [2.45, 2.75) is 13.5 Å². The maximum Gasteiger partial charge on any atom is 0.253 e. The Balaban J connectivity index is 2.08. The Hall–Kier alpha value is -2.82. The molecule has 5 nitrogen and oxygen atoms in total. The van der Waals surface area contributed by atoms with E-state index in [1.165, 1.54) is 18.9 Å². The highest BCUT2D eigenvalue weighted by Gasteiger charge is 2.10. The minimum absolute atomic E-state index is 0.0269. The Bertz CT molecular complexity index is 736. The summed E-state index contributed by atoms with van der Waals surface area (Å²) in [5, 5.41) is 0. The van der Waals surface area contributed by atoms with Crippen LogP contribution in [0.5, 0.6) is 11.5 Å². The molecule has 0 aromatic heterocycles. The number of rotatable bonds is 6. The monoisotopic (exact) mass is 327 g/mol. The van der Waals surface area contributed by atoms with Crippen LogP contribution in [0.4, 0.5) is 0 Å². The SMILES string of the molecule is COc1cc(C(C)=O)ccc1OCc1ccc(C(=O)N(C)C)cc1. The van der Waals surface area contributed by atoms with E-state index in [1.807, 2.05) is 12.1 Å². The maximum absolute atomic E-state index is 11.9. The lowest BCUT2D eigenvalue weighted by Crippen LogP contribution is -2.21. The van der Waals surface area contributed by atoms with E-state index in [2.05, 4.69) is 0 Å². The number of methoxy groups -OCH3 is 1. The molecule has 0 N–H and O–H groups in total. The molecule has 0 bridgehead atoms. The second-order valence-electron chi connectivity index (χ2n) is 5.61. The van der Waals surface area contributed by atoms with Crippen molar-refractivity contribution < 1.29 is 19.1 Å². The summed E-state index contributed by atoms with van der Waals surface area (Å²) in [4.78, 5) is 24.8. The third-order valence-corrected chi connectivity index (χ3v) is 3.57. The molecule has 24 heavy (non-hydrogen) atoms. The lowest BCUT2D eigenvalue weighted by atomic mass is 10.1. The average molecular weight is 327 g/mol. The third kappa shape index (κ3) is 4.13. The molecule has 2 rings (SSSR count). The van der Waals surface area contributed by atoms with Gasteiger partial charge in [-0.3, -0.25) is 9.59 Å². The summed E-state index contributed by atoms with van der Waals surface area (Å²) in [5.41, 5.74) is 2.14. The Morgan fingerprint density at radius 3 is 2.12 bits per heavy atom. The molecule has 2 aromatic rings. The zero-order chi connectivity index (χ0) is 17.7. The van der Waals surface area contributed by atoms with Crippen LogP contribution in [0, 0.1) is 0 Å². The fourth-order valence-electron chi connectivity index (χ4n) is 2.17. The molecule has 2 aromatic carbocycles. The maximum atomic E-state index is 11.9. The Morgan fingerprint density at radius 1 is 0.958 bits per heavy atom. The highest BCUT2D eigenvalue weighted by molar-refractivity contribution is 5.94. The number of nitrogens with zero attached hydrogens (tertiary/aromatic N) is 1. The van der Waals surface area contributed by atoms with E-state index in [9.17, 15) is 9.59 Å². The minimum Gasteiger partial charge on any atom is -0.493 e. The lowest BCUT2D eigenvalue weighted by molar-refractivity contribution is 0.0827. The number of benzene rings is 2. The highest BCUT2D eigenvalue weighted by Crippen LogP contribution is 2.29. The van der Waals surface area contributed by atoms with Gasteiger partial charge in [-0.1, -0.05) is 12.1 Å². The summed E-state index contributed by atoms with van der Waals surface area (Å²) in [6, 6.07) is 12.4. The fraction of sp³-hybridized carbons (Fsp3) is 0.263. The molecule has 0 saturated carbocycles. The van der Waals surface area contributed by atoms with Gasteiger partial charge in [-0.15, -0.1) is 0 Å². The van der Waals surface area contributed by atoms with Crippen molar-refractivity contribution in [3.63, 3.8) is 0 Å². The topological polar surface area (TPSA) is 55.8 Å². The Labute approximate surface area is 141 Å². The van der Waals surface area contributed by atoms with Gasteiger partial charge in [0.1, 0.15) is 6.61 Å². The van der Waals surface area contributed by atoms with Gasteiger partial charge in [-0.2, -0.15) is 0 Å². The number of hydrogen-bond donors (Lipinski definition) is 0. The van der Waals surface area contributed by atoms with Crippen LogP contribution in [0.2, 0.25) is 0 Å². The third-order valence-electron chi connectivity index (χ3n) is 3.57. The lowest BCUT2D eigenvalue weighted by Gasteiger charge is -2.13. The summed E-state index contributed by atoms with van der Waals surface area (Å²) in [6.07, 6.45) is 0. The first-order valence-electron chi connectivity index (χ1n) is 7.54. The molecule has 0 radical (unpaired) electrons. The molecule has 0 unspecified atom stereocenters. The van der Waals surface area contributed by atoms with E-state index < -0.39 is 0 Å². The number of carbonyl (C=O) groups is 2. The number of Topliss-reactive ketones (excluding diaryl/α,β-unsaturated/α-hetero) is 1. The number of ketones is 1. The van der Waals surface area contributed by atoms with Gasteiger partial charge in [0.2, 0.25) is 0 Å². The quantitative estimate of drug-likeness (QED) is 0.765. The van der Waals surface area contributed by atoms with Crippen LogP contribution in [0.3, 0.4) is 0 Å². The van der Waals surface area contributed by atoms with E-state index >= 15 is 0 Å². The number of hydrogen-bond acceptors (Lipinski definition) is 4. The second-order valence-corrected chi connectivity index (χ2v) is 5.61. The predicted molar refractivity (Wildman–Crippen MR) is 91.8 cm³/mol. The highest BCUT2D eigenvalue weighted by atomic mass is 16.5. The van der Waals surface area contributed by atoms with Gasteiger partial charge in [0.05, 0.1) is 7.11 Å². The van der Waals surface area contributed by atoms with Crippen molar-refractivity contribution in [3.05, 3.63) is 59.2 Å². The predicted octanol–water partition coefficient (Wildman–Crippen LogP) is 3.18. The summed E-state index contributed by atoms with van der Waals surface area (Å²) in [7, 11) is 4.97. The normalized spacial score (nSPS) is 10.2. The van der Waals surface area contributed by atoms with Crippen LogP contribution in [-0.4, -0.2) is 37.8 Å². The molecular formula is C19H21NO4. The molecule has 126 valence electrons. The van der Waals surface area contributed by atoms with Crippen molar-refractivity contribution in [1.82, 2.24) is 4.90 Å². The van der Waals surface area contributed by atoms with Gasteiger partial charge < -0.3 is 14.4 Å². The molecule has 0 spiro atoms. The van der Waals surface area contributed by atoms with Crippen LogP contribution < -0.4 is 9.47 Å². The standard InChI is InChI=1S/C19H21NO4/c1-13(21)16-9-10-17(18(11-16)23-4)24-12-14-5-7-15(8-6-14)19(22)20(2)3/h5-11H,12H2,1-4H3. The van der Waals surface area contributed by atoms with E-state index in [0.29, 0.717) is 29.2 Å². The number of ether oxygens (including phenoxy) is 2. The van der Waals surface area contributed by atoms with Gasteiger partial charge in [0.25, 0.3) is 5.91 Å². The van der Waals surface area contributed by atoms with E-state index in [4.69, 9.17) is 9.47 Å². The van der Waals surface area contributed by atoms with Crippen LogP contribution in [0.15, 0.2) is 42.5 Å². The first-order chi connectivity index (χ1) is 11.4. The van der Waals surface area contributed by atoms with Gasteiger partial charge in [-0.05, 0) is 42.8 Å². The van der Waals surface area contributed by atoms with Crippen molar-refractivity contribution in [2.24, 2.45) is 0 Å². The van der Waals surface area contributed by atoms with Gasteiger partial charge in [-0.25, -0.2) is 0 Å². The molecule has 0 heterocycles. The van der Waals surface area contributed by atoms with Crippen LogP contribution in [0.1, 0.15) is 33.2 Å². The Kier molecular flexibility index (Phi) is 5.58. The van der Waals surface area contributed by atoms with Crippen molar-refractivity contribution in [3.8, 4) is 11.5 Å². The fourth-order valence-corrected chi connectivity index (χ4v) is 2.17. The second kappa shape index (κ2) is 7.64. The Morgan fingerprint density at radius 2 is 1.58 bits per heavy atom.